The molecule has 0 aromatic heterocycles. The van der Waals surface area contributed by atoms with Crippen LogP contribution in [0, 0.1) is 6.92 Å². The largest absolute Gasteiger partial charge is 0.493 e. The van der Waals surface area contributed by atoms with Crippen LogP contribution >= 0.6 is 23.2 Å². The normalized spacial score (nSPS) is 14.0. The number of benzene rings is 4. The third kappa shape index (κ3) is 9.36. The molecule has 2 amide bonds. The fourth-order valence-corrected chi connectivity index (χ4v) is 8.24. The van der Waals surface area contributed by atoms with Gasteiger partial charge in [-0.05, 0) is 61.7 Å². The highest BCUT2D eigenvalue weighted by Gasteiger charge is 2.36. The number of nitrogens with zero attached hydrogens (tertiary/aromatic N) is 2. The van der Waals surface area contributed by atoms with E-state index in [4.69, 9.17) is 32.7 Å². The van der Waals surface area contributed by atoms with Crippen molar-refractivity contribution in [2.45, 2.75) is 69.0 Å². The smallest absolute Gasteiger partial charge is 0.264 e. The monoisotopic (exact) mass is 751 g/mol. The van der Waals surface area contributed by atoms with Crippen molar-refractivity contribution in [3.63, 3.8) is 0 Å². The molecule has 5 rings (SSSR count). The maximum Gasteiger partial charge on any atom is 0.264 e. The number of anilines is 1. The van der Waals surface area contributed by atoms with E-state index in [1.54, 1.807) is 42.5 Å². The predicted octanol–water partition coefficient (Wildman–Crippen LogP) is 7.60. The molecular formula is C39H43Cl2N3O6S. The van der Waals surface area contributed by atoms with E-state index in [1.165, 1.54) is 37.3 Å². The average Bonchev–Trinajstić information content (AvgIpc) is 3.13. The minimum absolute atomic E-state index is 0.0279. The second-order valence-electron chi connectivity index (χ2n) is 12.6. The summed E-state index contributed by atoms with van der Waals surface area (Å²) in [7, 11) is -1.50. The van der Waals surface area contributed by atoms with Gasteiger partial charge in [0.05, 0.1) is 24.8 Å². The lowest BCUT2D eigenvalue weighted by atomic mass is 9.94. The van der Waals surface area contributed by atoms with Gasteiger partial charge in [-0.2, -0.15) is 0 Å². The highest BCUT2D eigenvalue weighted by Crippen LogP contribution is 2.33. The van der Waals surface area contributed by atoms with Crippen LogP contribution in [0.3, 0.4) is 0 Å². The van der Waals surface area contributed by atoms with Crippen LogP contribution in [0.25, 0.3) is 0 Å². The zero-order valence-corrected chi connectivity index (χ0v) is 31.3. The van der Waals surface area contributed by atoms with Gasteiger partial charge < -0.3 is 19.7 Å². The Hall–Kier alpha value is -4.25. The van der Waals surface area contributed by atoms with Gasteiger partial charge in [-0.25, -0.2) is 8.42 Å². The van der Waals surface area contributed by atoms with Crippen molar-refractivity contribution >= 4 is 50.7 Å². The number of amides is 2. The van der Waals surface area contributed by atoms with Crippen LogP contribution in [0.15, 0.2) is 95.9 Å². The maximum atomic E-state index is 14.9. The van der Waals surface area contributed by atoms with E-state index in [2.05, 4.69) is 5.32 Å². The number of hydrogen-bond acceptors (Lipinski definition) is 6. The SMILES string of the molecule is COc1ccc(S(=O)(=O)N(CC(=O)N(Cc2c(Cl)cccc2Cl)[C@H](Cc2ccccc2)C(=O)NC2CCCCC2)c2ccc(C)cc2)cc1OC. The van der Waals surface area contributed by atoms with E-state index in [0.29, 0.717) is 21.4 Å². The second kappa shape index (κ2) is 17.3. The summed E-state index contributed by atoms with van der Waals surface area (Å²) in [6.07, 6.45) is 4.99. The molecule has 0 radical (unpaired) electrons. The Labute approximate surface area is 310 Å². The number of carbonyl (C=O) groups excluding carboxylic acids is 2. The molecule has 1 atom stereocenters. The molecule has 4 aromatic rings. The van der Waals surface area contributed by atoms with Gasteiger partial charge in [-0.3, -0.25) is 13.9 Å². The van der Waals surface area contributed by atoms with Crippen LogP contribution in [-0.4, -0.2) is 58.0 Å². The number of carbonyl (C=O) groups is 2. The Kier molecular flexibility index (Phi) is 12.9. The topological polar surface area (TPSA) is 105 Å². The lowest BCUT2D eigenvalue weighted by Gasteiger charge is -2.35. The molecule has 0 spiro atoms. The van der Waals surface area contributed by atoms with E-state index in [-0.39, 0.29) is 41.2 Å². The summed E-state index contributed by atoms with van der Waals surface area (Å²) < 4.78 is 40.8. The lowest BCUT2D eigenvalue weighted by Crippen LogP contribution is -2.55. The molecule has 270 valence electrons. The Morgan fingerprint density at radius 1 is 0.843 bits per heavy atom. The Bertz CT molecular complexity index is 1900. The molecular weight excluding hydrogens is 709 g/mol. The number of aryl methyl sites for hydroxylation is 1. The van der Waals surface area contributed by atoms with Gasteiger partial charge in [-0.1, -0.05) is 96.6 Å². The van der Waals surface area contributed by atoms with E-state index in [0.717, 1.165) is 47.5 Å². The van der Waals surface area contributed by atoms with Gasteiger partial charge in [0, 0.05) is 40.7 Å². The molecule has 1 aliphatic rings. The Balaban J connectivity index is 1.60. The molecule has 1 aliphatic carbocycles. The number of hydrogen-bond donors (Lipinski definition) is 1. The number of sulfonamides is 1. The average molecular weight is 753 g/mol. The molecule has 0 aliphatic heterocycles. The predicted molar refractivity (Wildman–Crippen MR) is 201 cm³/mol. The standard InChI is InChI=1S/C39H43Cl2N3O6S/c1-27-17-19-30(20-18-27)44(51(47,48)31-21-22-36(49-2)37(24-31)50-3)26-38(45)43(25-32-33(40)15-10-16-34(32)41)35(23-28-11-6-4-7-12-28)39(46)42-29-13-8-5-9-14-29/h4,6-7,10-12,15-22,24,29,35H,5,8-9,13-14,23,25-26H2,1-3H3,(H,42,46)/t35-/m1/s1. The first-order valence-electron chi connectivity index (χ1n) is 16.9. The van der Waals surface area contributed by atoms with Crippen LogP contribution in [0.1, 0.15) is 48.8 Å². The molecule has 12 heteroatoms. The Morgan fingerprint density at radius 2 is 1.49 bits per heavy atom. The summed E-state index contributed by atoms with van der Waals surface area (Å²) in [6, 6.07) is 24.5. The number of nitrogens with one attached hydrogen (secondary N) is 1. The third-order valence-corrected chi connectivity index (χ3v) is 11.6. The molecule has 0 bridgehead atoms. The van der Waals surface area contributed by atoms with Gasteiger partial charge in [0.2, 0.25) is 11.8 Å². The quantitative estimate of drug-likeness (QED) is 0.142. The fourth-order valence-electron chi connectivity index (χ4n) is 6.30. The van der Waals surface area contributed by atoms with Crippen LogP contribution in [0.5, 0.6) is 11.5 Å². The van der Waals surface area contributed by atoms with E-state index in [9.17, 15) is 18.0 Å². The molecule has 9 nitrogen and oxygen atoms in total. The zero-order valence-electron chi connectivity index (χ0n) is 29.0. The summed E-state index contributed by atoms with van der Waals surface area (Å²) in [5.41, 5.74) is 2.46. The van der Waals surface area contributed by atoms with Crippen molar-refractivity contribution in [2.75, 3.05) is 25.1 Å². The summed E-state index contributed by atoms with van der Waals surface area (Å²) in [5.74, 6) is -0.377. The van der Waals surface area contributed by atoms with Gasteiger partial charge >= 0.3 is 0 Å². The van der Waals surface area contributed by atoms with Gasteiger partial charge in [0.25, 0.3) is 10.0 Å². The highest BCUT2D eigenvalue weighted by atomic mass is 35.5. The first-order valence-corrected chi connectivity index (χ1v) is 19.1. The van der Waals surface area contributed by atoms with Gasteiger partial charge in [0.1, 0.15) is 12.6 Å². The summed E-state index contributed by atoms with van der Waals surface area (Å²) in [4.78, 5) is 30.5. The van der Waals surface area contributed by atoms with Crippen molar-refractivity contribution in [3.05, 3.63) is 118 Å². The van der Waals surface area contributed by atoms with E-state index < -0.39 is 28.5 Å². The molecule has 1 saturated carbocycles. The summed E-state index contributed by atoms with van der Waals surface area (Å²) >= 11 is 13.3. The van der Waals surface area contributed by atoms with Gasteiger partial charge in [0.15, 0.2) is 11.5 Å². The van der Waals surface area contributed by atoms with Crippen LogP contribution in [-0.2, 0) is 32.6 Å². The fraction of sp³-hybridized carbons (Fsp3) is 0.333. The lowest BCUT2D eigenvalue weighted by molar-refractivity contribution is -0.140. The Morgan fingerprint density at radius 3 is 2.12 bits per heavy atom. The van der Waals surface area contributed by atoms with Crippen molar-refractivity contribution in [2.24, 2.45) is 0 Å². The zero-order chi connectivity index (χ0) is 36.5. The van der Waals surface area contributed by atoms with Gasteiger partial charge in [-0.15, -0.1) is 0 Å². The van der Waals surface area contributed by atoms with Crippen LogP contribution in [0.2, 0.25) is 10.0 Å². The molecule has 0 unspecified atom stereocenters. The van der Waals surface area contributed by atoms with Crippen molar-refractivity contribution in [1.82, 2.24) is 10.2 Å². The minimum atomic E-state index is -4.37. The minimum Gasteiger partial charge on any atom is -0.493 e. The van der Waals surface area contributed by atoms with Crippen molar-refractivity contribution < 1.29 is 27.5 Å². The third-order valence-electron chi connectivity index (χ3n) is 9.16. The highest BCUT2D eigenvalue weighted by molar-refractivity contribution is 7.92. The molecule has 1 fully saturated rings. The van der Waals surface area contributed by atoms with Crippen LogP contribution in [0.4, 0.5) is 5.69 Å². The van der Waals surface area contributed by atoms with Crippen molar-refractivity contribution in [1.29, 1.82) is 0 Å². The van der Waals surface area contributed by atoms with E-state index >= 15 is 0 Å². The van der Waals surface area contributed by atoms with Crippen LogP contribution < -0.4 is 19.1 Å². The van der Waals surface area contributed by atoms with E-state index in [1.807, 2.05) is 37.3 Å². The molecule has 4 aromatic carbocycles. The summed E-state index contributed by atoms with van der Waals surface area (Å²) in [6.45, 7) is 1.13. The second-order valence-corrected chi connectivity index (χ2v) is 15.3. The molecule has 0 heterocycles. The first kappa shape index (κ1) is 38.0. The number of halogens is 2. The number of methoxy groups -OCH3 is 2. The van der Waals surface area contributed by atoms with Crippen molar-refractivity contribution in [3.8, 4) is 11.5 Å². The molecule has 51 heavy (non-hydrogen) atoms. The first-order chi connectivity index (χ1) is 24.5. The summed E-state index contributed by atoms with van der Waals surface area (Å²) in [5, 5.41) is 3.84. The molecule has 1 N–H and O–H groups in total. The number of ether oxygens (including phenoxy) is 2. The molecule has 0 saturated heterocycles. The maximum absolute atomic E-state index is 14.9. The number of rotatable bonds is 14.